The van der Waals surface area contributed by atoms with E-state index in [-0.39, 0.29) is 11.8 Å². The Morgan fingerprint density at radius 1 is 1.22 bits per heavy atom. The summed E-state index contributed by atoms with van der Waals surface area (Å²) in [4.78, 5) is 24.6. The van der Waals surface area contributed by atoms with Gasteiger partial charge in [0.05, 0.1) is 5.52 Å². The fourth-order valence-electron chi connectivity index (χ4n) is 3.99. The maximum atomic E-state index is 12.9. The quantitative estimate of drug-likeness (QED) is 0.784. The molecular formula is C21H30N4O2. The Bertz CT molecular complexity index is 806. The van der Waals surface area contributed by atoms with Gasteiger partial charge in [-0.05, 0) is 37.2 Å². The first kappa shape index (κ1) is 19.4. The summed E-state index contributed by atoms with van der Waals surface area (Å²) in [6, 6.07) is 7.11. The molecule has 1 heterocycles. The van der Waals surface area contributed by atoms with Gasteiger partial charge in [0.2, 0.25) is 5.91 Å². The number of carbonyl (C=O) groups is 2. The molecule has 3 rings (SSSR count). The van der Waals surface area contributed by atoms with Crippen molar-refractivity contribution in [3.05, 3.63) is 30.0 Å². The maximum absolute atomic E-state index is 12.9. The third-order valence-electron chi connectivity index (χ3n) is 5.38. The Kier molecular flexibility index (Phi) is 6.14. The fraction of sp³-hybridized carbons (Fsp3) is 0.571. The van der Waals surface area contributed by atoms with Crippen molar-refractivity contribution in [3.63, 3.8) is 0 Å². The summed E-state index contributed by atoms with van der Waals surface area (Å²) in [5.41, 5.74) is 6.81. The molecule has 0 spiro atoms. The molecule has 2 aromatic rings. The van der Waals surface area contributed by atoms with E-state index in [1.165, 1.54) is 32.1 Å². The first-order chi connectivity index (χ1) is 13.0. The number of primary amides is 1. The lowest BCUT2D eigenvalue weighted by atomic mass is 9.89. The molecule has 0 aliphatic heterocycles. The first-order valence-electron chi connectivity index (χ1n) is 10.0. The highest BCUT2D eigenvalue weighted by atomic mass is 16.2. The molecule has 146 valence electrons. The van der Waals surface area contributed by atoms with Crippen LogP contribution in [-0.2, 0) is 11.3 Å². The Morgan fingerprint density at radius 2 is 1.93 bits per heavy atom. The van der Waals surface area contributed by atoms with Crippen LogP contribution in [0.4, 0.5) is 0 Å². The van der Waals surface area contributed by atoms with Gasteiger partial charge in [-0.3, -0.25) is 14.3 Å². The van der Waals surface area contributed by atoms with E-state index in [4.69, 9.17) is 5.73 Å². The Morgan fingerprint density at radius 3 is 2.59 bits per heavy atom. The van der Waals surface area contributed by atoms with Crippen LogP contribution in [0, 0.1) is 11.8 Å². The van der Waals surface area contributed by atoms with Crippen molar-refractivity contribution in [2.75, 3.05) is 0 Å². The molecule has 3 N–H and O–H groups in total. The summed E-state index contributed by atoms with van der Waals surface area (Å²) in [5.74, 6) is 0.0155. The number of nitrogens with one attached hydrogen (secondary N) is 1. The van der Waals surface area contributed by atoms with E-state index in [2.05, 4.69) is 10.4 Å². The number of aromatic nitrogens is 2. The minimum Gasteiger partial charge on any atom is -0.368 e. The molecule has 2 amide bonds. The molecule has 27 heavy (non-hydrogen) atoms. The lowest BCUT2D eigenvalue weighted by Gasteiger charge is -2.21. The minimum atomic E-state index is -0.681. The van der Waals surface area contributed by atoms with Gasteiger partial charge in [-0.15, -0.1) is 0 Å². The van der Waals surface area contributed by atoms with Crippen LogP contribution in [0.2, 0.25) is 0 Å². The van der Waals surface area contributed by atoms with Gasteiger partial charge in [-0.1, -0.05) is 51.3 Å². The smallest absolute Gasteiger partial charge is 0.273 e. The van der Waals surface area contributed by atoms with E-state index in [0.29, 0.717) is 18.0 Å². The summed E-state index contributed by atoms with van der Waals surface area (Å²) in [5, 5.41) is 8.23. The Hall–Kier alpha value is -2.37. The zero-order valence-electron chi connectivity index (χ0n) is 16.3. The number of hydrogen-bond donors (Lipinski definition) is 2. The SMILES string of the molecule is CC(C)C[C@@H](NC(=O)c1nn(CC2CCCCC2)c2ccccc12)C(N)=O. The molecule has 0 bridgehead atoms. The summed E-state index contributed by atoms with van der Waals surface area (Å²) in [7, 11) is 0. The topological polar surface area (TPSA) is 90.0 Å². The number of rotatable bonds is 7. The summed E-state index contributed by atoms with van der Waals surface area (Å²) < 4.78 is 1.96. The van der Waals surface area contributed by atoms with Crippen LogP contribution in [0.1, 0.15) is 62.9 Å². The van der Waals surface area contributed by atoms with Gasteiger partial charge in [0.25, 0.3) is 5.91 Å². The number of amides is 2. The molecule has 1 atom stereocenters. The van der Waals surface area contributed by atoms with Gasteiger partial charge in [-0.2, -0.15) is 5.10 Å². The second-order valence-electron chi connectivity index (χ2n) is 8.11. The highest BCUT2D eigenvalue weighted by molar-refractivity contribution is 6.06. The van der Waals surface area contributed by atoms with E-state index >= 15 is 0 Å². The molecule has 1 aliphatic rings. The highest BCUT2D eigenvalue weighted by Crippen LogP contribution is 2.27. The second-order valence-corrected chi connectivity index (χ2v) is 8.11. The van der Waals surface area contributed by atoms with Crippen LogP contribution in [0.5, 0.6) is 0 Å². The van der Waals surface area contributed by atoms with Crippen molar-refractivity contribution < 1.29 is 9.59 Å². The Balaban J connectivity index is 1.85. The summed E-state index contributed by atoms with van der Waals surface area (Å²) >= 11 is 0. The highest BCUT2D eigenvalue weighted by Gasteiger charge is 2.24. The van der Waals surface area contributed by atoms with Gasteiger partial charge in [0.15, 0.2) is 5.69 Å². The fourth-order valence-corrected chi connectivity index (χ4v) is 3.99. The van der Waals surface area contributed by atoms with Crippen molar-refractivity contribution in [1.29, 1.82) is 0 Å². The summed E-state index contributed by atoms with van der Waals surface area (Å²) in [6.07, 6.45) is 6.80. The van der Waals surface area contributed by atoms with E-state index < -0.39 is 11.9 Å². The number of nitrogens with zero attached hydrogens (tertiary/aromatic N) is 2. The van der Waals surface area contributed by atoms with Crippen molar-refractivity contribution in [2.24, 2.45) is 17.6 Å². The molecule has 6 heteroatoms. The number of hydrogen-bond acceptors (Lipinski definition) is 3. The Labute approximate surface area is 160 Å². The first-order valence-corrected chi connectivity index (χ1v) is 10.0. The zero-order chi connectivity index (χ0) is 19.4. The van der Waals surface area contributed by atoms with E-state index in [1.807, 2.05) is 42.8 Å². The zero-order valence-corrected chi connectivity index (χ0v) is 16.3. The average molecular weight is 370 g/mol. The molecule has 0 radical (unpaired) electrons. The molecule has 6 nitrogen and oxygen atoms in total. The van der Waals surface area contributed by atoms with Crippen molar-refractivity contribution in [3.8, 4) is 0 Å². The maximum Gasteiger partial charge on any atom is 0.273 e. The number of nitrogens with two attached hydrogens (primary N) is 1. The molecule has 1 aliphatic carbocycles. The van der Waals surface area contributed by atoms with Gasteiger partial charge in [-0.25, -0.2) is 0 Å². The number of benzene rings is 1. The van der Waals surface area contributed by atoms with E-state index in [1.54, 1.807) is 0 Å². The standard InChI is InChI=1S/C21H30N4O2/c1-14(2)12-17(20(22)26)23-21(27)19-16-10-6-7-11-18(16)25(24-19)13-15-8-4-3-5-9-15/h6-7,10-11,14-15,17H,3-5,8-9,12-13H2,1-2H3,(H2,22,26)(H,23,27)/t17-/m1/s1. The molecule has 0 saturated heterocycles. The van der Waals surface area contributed by atoms with Gasteiger partial charge in [0.1, 0.15) is 6.04 Å². The molecule has 1 aromatic carbocycles. The van der Waals surface area contributed by atoms with Crippen LogP contribution < -0.4 is 11.1 Å². The third kappa shape index (κ3) is 4.67. The summed E-state index contributed by atoms with van der Waals surface area (Å²) in [6.45, 7) is 4.83. The molecular weight excluding hydrogens is 340 g/mol. The molecule has 0 unspecified atom stereocenters. The monoisotopic (exact) mass is 370 g/mol. The number of carbonyl (C=O) groups excluding carboxylic acids is 2. The second kappa shape index (κ2) is 8.55. The predicted octanol–water partition coefficient (Wildman–Crippen LogP) is 3.25. The van der Waals surface area contributed by atoms with Gasteiger partial charge >= 0.3 is 0 Å². The lowest BCUT2D eigenvalue weighted by Crippen LogP contribution is -2.45. The minimum absolute atomic E-state index is 0.253. The molecule has 1 fully saturated rings. The van der Waals surface area contributed by atoms with Gasteiger partial charge < -0.3 is 11.1 Å². The van der Waals surface area contributed by atoms with E-state index in [9.17, 15) is 9.59 Å². The van der Waals surface area contributed by atoms with Crippen molar-refractivity contribution in [2.45, 2.75) is 65.0 Å². The van der Waals surface area contributed by atoms with Crippen LogP contribution >= 0.6 is 0 Å². The number of fused-ring (bicyclic) bond motifs is 1. The molecule has 1 saturated carbocycles. The normalized spacial score (nSPS) is 16.6. The lowest BCUT2D eigenvalue weighted by molar-refractivity contribution is -0.120. The van der Waals surface area contributed by atoms with Crippen LogP contribution in [0.15, 0.2) is 24.3 Å². The average Bonchev–Trinajstić information content (AvgIpc) is 3.00. The van der Waals surface area contributed by atoms with Crippen molar-refractivity contribution in [1.82, 2.24) is 15.1 Å². The predicted molar refractivity (Wildman–Crippen MR) is 106 cm³/mol. The van der Waals surface area contributed by atoms with Crippen molar-refractivity contribution >= 4 is 22.7 Å². The van der Waals surface area contributed by atoms with Crippen LogP contribution in [-0.4, -0.2) is 27.6 Å². The third-order valence-corrected chi connectivity index (χ3v) is 5.38. The van der Waals surface area contributed by atoms with Gasteiger partial charge in [0, 0.05) is 11.9 Å². The van der Waals surface area contributed by atoms with E-state index in [0.717, 1.165) is 17.4 Å². The largest absolute Gasteiger partial charge is 0.368 e. The number of para-hydroxylation sites is 1. The van der Waals surface area contributed by atoms with Crippen LogP contribution in [0.25, 0.3) is 10.9 Å². The van der Waals surface area contributed by atoms with Crippen LogP contribution in [0.3, 0.4) is 0 Å². The molecule has 1 aromatic heterocycles.